The molecule has 0 aliphatic heterocycles. The van der Waals surface area contributed by atoms with E-state index in [0.717, 1.165) is 23.9 Å². The van der Waals surface area contributed by atoms with Crippen LogP contribution in [0.25, 0.3) is 0 Å². The van der Waals surface area contributed by atoms with Crippen molar-refractivity contribution in [3.63, 3.8) is 0 Å². The van der Waals surface area contributed by atoms with E-state index in [4.69, 9.17) is 0 Å². The summed E-state index contributed by atoms with van der Waals surface area (Å²) in [7, 11) is 0. The summed E-state index contributed by atoms with van der Waals surface area (Å²) in [5.41, 5.74) is 0. The number of carbonyl (C=O) groups excluding carboxylic acids is 1. The van der Waals surface area contributed by atoms with Crippen molar-refractivity contribution in [2.24, 2.45) is 5.92 Å². The largest absolute Gasteiger partial charge is 0.355 e. The molecule has 1 amide bonds. The molecule has 1 atom stereocenters. The minimum atomic E-state index is -0.148. The molecule has 2 fully saturated rings. The lowest BCUT2D eigenvalue weighted by Crippen LogP contribution is -2.35. The number of thiophene rings is 1. The molecule has 2 aliphatic rings. The number of hydrogen-bond acceptors (Lipinski definition) is 5. The van der Waals surface area contributed by atoms with Gasteiger partial charge in [-0.25, -0.2) is 0 Å². The van der Waals surface area contributed by atoms with Crippen LogP contribution in [0, 0.1) is 5.92 Å². The second-order valence-electron chi connectivity index (χ2n) is 7.77. The fourth-order valence-electron chi connectivity index (χ4n) is 3.77. The first-order valence-electron chi connectivity index (χ1n) is 10.1. The van der Waals surface area contributed by atoms with E-state index in [0.29, 0.717) is 12.0 Å². The van der Waals surface area contributed by atoms with Crippen LogP contribution in [0.4, 0.5) is 0 Å². The standard InChI is InChI=1S/C20H28N4OS2/c1-14(19(25)21-13-15-6-3-2-4-7-15)27-20-23-22-18(24(20)16-9-10-16)12-17-8-5-11-26-17/h5,8,11,14-16H,2-4,6-7,9-10,12-13H2,1H3,(H,21,25). The van der Waals surface area contributed by atoms with Crippen molar-refractivity contribution in [1.82, 2.24) is 20.1 Å². The van der Waals surface area contributed by atoms with E-state index in [1.165, 1.54) is 49.8 Å². The molecular weight excluding hydrogens is 376 g/mol. The van der Waals surface area contributed by atoms with Crippen molar-refractivity contribution in [1.29, 1.82) is 0 Å². The second-order valence-corrected chi connectivity index (χ2v) is 10.1. The van der Waals surface area contributed by atoms with Crippen LogP contribution in [0.5, 0.6) is 0 Å². The summed E-state index contributed by atoms with van der Waals surface area (Å²) in [6.07, 6.45) is 9.67. The third-order valence-corrected chi connectivity index (χ3v) is 7.43. The van der Waals surface area contributed by atoms with E-state index in [9.17, 15) is 4.79 Å². The molecule has 1 unspecified atom stereocenters. The molecule has 5 nitrogen and oxygen atoms in total. The number of aromatic nitrogens is 3. The van der Waals surface area contributed by atoms with Crippen molar-refractivity contribution in [2.75, 3.05) is 6.54 Å². The average molecular weight is 405 g/mol. The lowest BCUT2D eigenvalue weighted by atomic mass is 9.89. The summed E-state index contributed by atoms with van der Waals surface area (Å²) >= 11 is 3.30. The molecular formula is C20H28N4OS2. The first kappa shape index (κ1) is 19.0. The predicted octanol–water partition coefficient (Wildman–Crippen LogP) is 4.44. The number of nitrogens with zero attached hydrogens (tertiary/aromatic N) is 3. The molecule has 0 bridgehead atoms. The topological polar surface area (TPSA) is 59.8 Å². The maximum absolute atomic E-state index is 12.6. The zero-order valence-corrected chi connectivity index (χ0v) is 17.5. The summed E-state index contributed by atoms with van der Waals surface area (Å²) in [5.74, 6) is 1.81. The summed E-state index contributed by atoms with van der Waals surface area (Å²) in [6, 6.07) is 4.73. The van der Waals surface area contributed by atoms with Gasteiger partial charge in [0.25, 0.3) is 0 Å². The van der Waals surface area contributed by atoms with E-state index in [1.807, 2.05) is 6.92 Å². The maximum Gasteiger partial charge on any atom is 0.233 e. The Hall–Kier alpha value is -1.34. The van der Waals surface area contributed by atoms with Gasteiger partial charge in [0.15, 0.2) is 5.16 Å². The second kappa shape index (κ2) is 8.78. The van der Waals surface area contributed by atoms with Gasteiger partial charge in [0.05, 0.1) is 5.25 Å². The van der Waals surface area contributed by atoms with Gasteiger partial charge in [0.2, 0.25) is 5.91 Å². The fourth-order valence-corrected chi connectivity index (χ4v) is 5.43. The maximum atomic E-state index is 12.6. The Bertz CT molecular complexity index is 748. The van der Waals surface area contributed by atoms with Gasteiger partial charge in [0, 0.05) is 23.9 Å². The zero-order chi connectivity index (χ0) is 18.6. The quantitative estimate of drug-likeness (QED) is 0.661. The van der Waals surface area contributed by atoms with Gasteiger partial charge in [-0.05, 0) is 50.0 Å². The van der Waals surface area contributed by atoms with E-state index in [1.54, 1.807) is 23.1 Å². The van der Waals surface area contributed by atoms with E-state index < -0.39 is 0 Å². The summed E-state index contributed by atoms with van der Waals surface area (Å²) in [4.78, 5) is 13.9. The highest BCUT2D eigenvalue weighted by Crippen LogP contribution is 2.40. The number of amides is 1. The third-order valence-electron chi connectivity index (χ3n) is 5.50. The summed E-state index contributed by atoms with van der Waals surface area (Å²) < 4.78 is 2.27. The molecule has 27 heavy (non-hydrogen) atoms. The van der Waals surface area contributed by atoms with Crippen LogP contribution < -0.4 is 5.32 Å². The molecule has 2 saturated carbocycles. The highest BCUT2D eigenvalue weighted by Gasteiger charge is 2.31. The van der Waals surface area contributed by atoms with Gasteiger partial charge in [-0.1, -0.05) is 37.1 Å². The SMILES string of the molecule is CC(Sc1nnc(Cc2cccs2)n1C1CC1)C(=O)NCC1CCCCC1. The summed E-state index contributed by atoms with van der Waals surface area (Å²) in [5, 5.41) is 14.9. The lowest BCUT2D eigenvalue weighted by Gasteiger charge is -2.22. The molecule has 4 rings (SSSR count). The zero-order valence-electron chi connectivity index (χ0n) is 15.9. The van der Waals surface area contributed by atoms with Gasteiger partial charge >= 0.3 is 0 Å². The molecule has 2 heterocycles. The molecule has 0 aromatic carbocycles. The third kappa shape index (κ3) is 4.93. The molecule has 2 aromatic heterocycles. The number of carbonyl (C=O) groups is 1. The number of thioether (sulfide) groups is 1. The van der Waals surface area contributed by atoms with Crippen molar-refractivity contribution in [3.8, 4) is 0 Å². The van der Waals surface area contributed by atoms with Gasteiger partial charge < -0.3 is 9.88 Å². The molecule has 1 N–H and O–H groups in total. The molecule has 7 heteroatoms. The van der Waals surface area contributed by atoms with Crippen LogP contribution in [-0.2, 0) is 11.2 Å². The Kier molecular flexibility index (Phi) is 6.18. The number of nitrogens with one attached hydrogen (secondary N) is 1. The molecule has 0 spiro atoms. The Morgan fingerprint density at radius 1 is 1.30 bits per heavy atom. The van der Waals surface area contributed by atoms with Crippen LogP contribution in [0.15, 0.2) is 22.7 Å². The Morgan fingerprint density at radius 3 is 2.81 bits per heavy atom. The molecule has 0 radical (unpaired) electrons. The molecule has 2 aliphatic carbocycles. The van der Waals surface area contributed by atoms with Gasteiger partial charge in [0.1, 0.15) is 5.82 Å². The Labute approximate surface area is 169 Å². The van der Waals surface area contributed by atoms with Crippen molar-refractivity contribution in [3.05, 3.63) is 28.2 Å². The van der Waals surface area contributed by atoms with Gasteiger partial charge in [-0.3, -0.25) is 4.79 Å². The summed E-state index contributed by atoms with van der Waals surface area (Å²) in [6.45, 7) is 2.80. The van der Waals surface area contributed by atoms with Gasteiger partial charge in [-0.15, -0.1) is 21.5 Å². The first-order valence-corrected chi connectivity index (χ1v) is 11.9. The Balaban J connectivity index is 1.36. The van der Waals surface area contributed by atoms with Crippen molar-refractivity contribution >= 4 is 29.0 Å². The predicted molar refractivity (Wildman–Crippen MR) is 110 cm³/mol. The minimum Gasteiger partial charge on any atom is -0.355 e. The van der Waals surface area contributed by atoms with Gasteiger partial charge in [-0.2, -0.15) is 0 Å². The molecule has 2 aromatic rings. The van der Waals surface area contributed by atoms with Crippen LogP contribution in [-0.4, -0.2) is 32.5 Å². The fraction of sp³-hybridized carbons (Fsp3) is 0.650. The number of hydrogen-bond donors (Lipinski definition) is 1. The smallest absolute Gasteiger partial charge is 0.233 e. The molecule has 0 saturated heterocycles. The average Bonchev–Trinajstić information content (AvgIpc) is 3.25. The van der Waals surface area contributed by atoms with Crippen molar-refractivity contribution < 1.29 is 4.79 Å². The van der Waals surface area contributed by atoms with Crippen molar-refractivity contribution in [2.45, 2.75) is 74.7 Å². The minimum absolute atomic E-state index is 0.121. The van der Waals surface area contributed by atoms with Crippen LogP contribution >= 0.6 is 23.1 Å². The van der Waals surface area contributed by atoms with E-state index >= 15 is 0 Å². The highest BCUT2D eigenvalue weighted by atomic mass is 32.2. The monoisotopic (exact) mass is 404 g/mol. The number of rotatable bonds is 8. The Morgan fingerprint density at radius 2 is 2.11 bits per heavy atom. The molecule has 146 valence electrons. The highest BCUT2D eigenvalue weighted by molar-refractivity contribution is 8.00. The first-order chi connectivity index (χ1) is 13.2. The van der Waals surface area contributed by atoms with E-state index in [-0.39, 0.29) is 11.2 Å². The van der Waals surface area contributed by atoms with Crippen LogP contribution in [0.2, 0.25) is 0 Å². The van der Waals surface area contributed by atoms with E-state index in [2.05, 4.69) is 37.6 Å². The van der Waals surface area contributed by atoms with Crippen LogP contribution in [0.3, 0.4) is 0 Å². The normalized spacial score (nSPS) is 19.1. The lowest BCUT2D eigenvalue weighted by molar-refractivity contribution is -0.120. The van der Waals surface area contributed by atoms with Crippen LogP contribution in [0.1, 0.15) is 68.6 Å².